The maximum Gasteiger partial charge on any atom is 0.225 e. The number of oxime groups is 1. The van der Waals surface area contributed by atoms with Crippen molar-refractivity contribution in [1.29, 1.82) is 0 Å². The van der Waals surface area contributed by atoms with Gasteiger partial charge in [-0.2, -0.15) is 0 Å². The van der Waals surface area contributed by atoms with E-state index in [1.807, 2.05) is 11.8 Å². The summed E-state index contributed by atoms with van der Waals surface area (Å²) in [5, 5.41) is 12.0. The molecule has 2 atom stereocenters. The molecule has 0 aromatic carbocycles. The van der Waals surface area contributed by atoms with Gasteiger partial charge in [-0.3, -0.25) is 4.79 Å². The molecule has 3 aliphatic rings. The number of amidine groups is 1. The van der Waals surface area contributed by atoms with Crippen molar-refractivity contribution in [3.8, 4) is 0 Å². The van der Waals surface area contributed by atoms with E-state index < -0.39 is 0 Å². The molecule has 2 unspecified atom stereocenters. The summed E-state index contributed by atoms with van der Waals surface area (Å²) in [6.45, 7) is 3.48. The fourth-order valence-corrected chi connectivity index (χ4v) is 3.77. The first kappa shape index (κ1) is 12.8. The number of likely N-dealkylation sites (tertiary alicyclic amines) is 1. The number of nitrogens with two attached hydrogens (primary N) is 1. The van der Waals surface area contributed by atoms with Crippen LogP contribution in [0.1, 0.15) is 39.0 Å². The summed E-state index contributed by atoms with van der Waals surface area (Å²) in [6, 6.07) is 0. The first-order chi connectivity index (χ1) is 9.03. The summed E-state index contributed by atoms with van der Waals surface area (Å²) >= 11 is 0. The number of carbonyl (C=O) groups excluding carboxylic acids is 1. The molecule has 106 valence electrons. The third-order valence-corrected chi connectivity index (χ3v) is 5.50. The third kappa shape index (κ3) is 2.19. The van der Waals surface area contributed by atoms with Crippen molar-refractivity contribution in [2.45, 2.75) is 39.0 Å². The van der Waals surface area contributed by atoms with Crippen LogP contribution < -0.4 is 5.73 Å². The molecule has 0 aromatic heterocycles. The number of hydrogen-bond acceptors (Lipinski definition) is 3. The van der Waals surface area contributed by atoms with Crippen LogP contribution in [-0.4, -0.2) is 34.9 Å². The summed E-state index contributed by atoms with van der Waals surface area (Å²) in [7, 11) is 0. The Morgan fingerprint density at radius 2 is 1.84 bits per heavy atom. The minimum absolute atomic E-state index is 0.261. The number of fused-ring (bicyclic) bond motifs is 1. The molecule has 0 bridgehead atoms. The highest BCUT2D eigenvalue weighted by Gasteiger charge is 2.49. The lowest BCUT2D eigenvalue weighted by Gasteiger charge is -2.39. The van der Waals surface area contributed by atoms with Gasteiger partial charge in [-0.05, 0) is 43.9 Å². The molecule has 0 radical (unpaired) electrons. The van der Waals surface area contributed by atoms with Gasteiger partial charge in [0.2, 0.25) is 5.91 Å². The molecule has 3 rings (SSSR count). The van der Waals surface area contributed by atoms with Gasteiger partial charge in [-0.25, -0.2) is 0 Å². The summed E-state index contributed by atoms with van der Waals surface area (Å²) in [6.07, 6.45) is 5.14. The maximum atomic E-state index is 12.4. The first-order valence-electron chi connectivity index (χ1n) is 7.30. The normalized spacial score (nSPS) is 37.0. The molecule has 5 nitrogen and oxygen atoms in total. The van der Waals surface area contributed by atoms with E-state index in [9.17, 15) is 4.79 Å². The van der Waals surface area contributed by atoms with Crippen molar-refractivity contribution in [2.75, 3.05) is 13.1 Å². The van der Waals surface area contributed by atoms with E-state index in [1.165, 1.54) is 6.42 Å². The third-order valence-electron chi connectivity index (χ3n) is 5.50. The highest BCUT2D eigenvalue weighted by atomic mass is 16.4. The van der Waals surface area contributed by atoms with E-state index in [0.29, 0.717) is 11.7 Å². The molecule has 2 aliphatic carbocycles. The minimum atomic E-state index is -0.261. The van der Waals surface area contributed by atoms with Gasteiger partial charge < -0.3 is 15.8 Å². The smallest absolute Gasteiger partial charge is 0.225 e. The van der Waals surface area contributed by atoms with Gasteiger partial charge in [0.05, 0.1) is 0 Å². The van der Waals surface area contributed by atoms with Crippen LogP contribution >= 0.6 is 0 Å². The van der Waals surface area contributed by atoms with Crippen molar-refractivity contribution in [1.82, 2.24) is 4.90 Å². The molecule has 19 heavy (non-hydrogen) atoms. The number of hydrogen-bond donors (Lipinski definition) is 2. The zero-order valence-corrected chi connectivity index (χ0v) is 11.5. The predicted molar refractivity (Wildman–Crippen MR) is 71.7 cm³/mol. The van der Waals surface area contributed by atoms with Crippen molar-refractivity contribution < 1.29 is 10.0 Å². The average Bonchev–Trinajstić information content (AvgIpc) is 3.04. The van der Waals surface area contributed by atoms with Crippen molar-refractivity contribution in [3.63, 3.8) is 0 Å². The fourth-order valence-electron chi connectivity index (χ4n) is 3.77. The molecule has 5 heteroatoms. The molecule has 0 aromatic rings. The molecule has 3 N–H and O–H groups in total. The second kappa shape index (κ2) is 4.39. The summed E-state index contributed by atoms with van der Waals surface area (Å²) in [5.74, 6) is 2.61. The van der Waals surface area contributed by atoms with Gasteiger partial charge in [0.15, 0.2) is 0 Å². The highest BCUT2D eigenvalue weighted by molar-refractivity contribution is 5.86. The Morgan fingerprint density at radius 1 is 1.26 bits per heavy atom. The molecule has 3 fully saturated rings. The molecule has 0 spiro atoms. The lowest BCUT2D eigenvalue weighted by molar-refractivity contribution is -0.137. The topological polar surface area (TPSA) is 78.9 Å². The van der Waals surface area contributed by atoms with Crippen LogP contribution in [0.2, 0.25) is 0 Å². The van der Waals surface area contributed by atoms with E-state index in [1.54, 1.807) is 0 Å². The summed E-state index contributed by atoms with van der Waals surface area (Å²) in [4.78, 5) is 14.4. The van der Waals surface area contributed by atoms with Gasteiger partial charge in [-0.15, -0.1) is 0 Å². The van der Waals surface area contributed by atoms with Crippen molar-refractivity contribution in [2.24, 2.45) is 34.1 Å². The zero-order chi connectivity index (χ0) is 13.6. The Hall–Kier alpha value is -1.26. The van der Waals surface area contributed by atoms with E-state index in [4.69, 9.17) is 10.9 Å². The Balaban J connectivity index is 1.56. The lowest BCUT2D eigenvalue weighted by Crippen LogP contribution is -2.48. The molecular weight excluding hydrogens is 242 g/mol. The maximum absolute atomic E-state index is 12.4. The standard InChI is InChI=1S/C14H23N3O2/c1-14(13(15)16-19)2-4-17(5-3-14)12(18)11-7-9-6-10(9)8-11/h9-11,19H,2-8H2,1H3,(H2,15,16). The van der Waals surface area contributed by atoms with Crippen LogP contribution in [0, 0.1) is 23.2 Å². The average molecular weight is 265 g/mol. The van der Waals surface area contributed by atoms with E-state index in [0.717, 1.165) is 50.6 Å². The summed E-state index contributed by atoms with van der Waals surface area (Å²) < 4.78 is 0. The fraction of sp³-hybridized carbons (Fsp3) is 0.857. The molecule has 1 heterocycles. The van der Waals surface area contributed by atoms with Crippen LogP contribution in [0.15, 0.2) is 5.16 Å². The lowest BCUT2D eigenvalue weighted by atomic mass is 9.79. The monoisotopic (exact) mass is 265 g/mol. The van der Waals surface area contributed by atoms with Gasteiger partial charge >= 0.3 is 0 Å². The van der Waals surface area contributed by atoms with Crippen LogP contribution in [-0.2, 0) is 4.79 Å². The SMILES string of the molecule is CC1(C(N)=NO)CCN(C(=O)C2CC3CC3C2)CC1. The molecule has 1 amide bonds. The van der Waals surface area contributed by atoms with Gasteiger partial charge in [0, 0.05) is 24.4 Å². The largest absolute Gasteiger partial charge is 0.409 e. The molecule has 2 saturated carbocycles. The highest BCUT2D eigenvalue weighted by Crippen LogP contribution is 2.54. The molecular formula is C14H23N3O2. The first-order valence-corrected chi connectivity index (χ1v) is 7.30. The Morgan fingerprint density at radius 3 is 2.37 bits per heavy atom. The number of rotatable bonds is 2. The van der Waals surface area contributed by atoms with Gasteiger partial charge in [-0.1, -0.05) is 12.1 Å². The van der Waals surface area contributed by atoms with E-state index in [2.05, 4.69) is 5.16 Å². The minimum Gasteiger partial charge on any atom is -0.409 e. The van der Waals surface area contributed by atoms with Crippen molar-refractivity contribution in [3.05, 3.63) is 0 Å². The number of piperidine rings is 1. The van der Waals surface area contributed by atoms with Gasteiger partial charge in [0.25, 0.3) is 0 Å². The van der Waals surface area contributed by atoms with Crippen LogP contribution in [0.25, 0.3) is 0 Å². The van der Waals surface area contributed by atoms with Crippen LogP contribution in [0.3, 0.4) is 0 Å². The summed E-state index contributed by atoms with van der Waals surface area (Å²) in [5.41, 5.74) is 5.49. The molecule has 1 saturated heterocycles. The number of carbonyl (C=O) groups is 1. The van der Waals surface area contributed by atoms with E-state index >= 15 is 0 Å². The number of nitrogens with zero attached hydrogens (tertiary/aromatic N) is 2. The van der Waals surface area contributed by atoms with Crippen LogP contribution in [0.5, 0.6) is 0 Å². The quantitative estimate of drug-likeness (QED) is 0.343. The van der Waals surface area contributed by atoms with Crippen LogP contribution in [0.4, 0.5) is 0 Å². The molecule has 1 aliphatic heterocycles. The predicted octanol–water partition coefficient (Wildman–Crippen LogP) is 1.41. The van der Waals surface area contributed by atoms with Gasteiger partial charge in [0.1, 0.15) is 5.84 Å². The van der Waals surface area contributed by atoms with Crippen molar-refractivity contribution >= 4 is 11.7 Å². The Labute approximate surface area is 113 Å². The van der Waals surface area contributed by atoms with E-state index in [-0.39, 0.29) is 11.3 Å². The number of amides is 1. The zero-order valence-electron chi connectivity index (χ0n) is 11.5. The second-order valence-corrected chi connectivity index (χ2v) is 6.80. The second-order valence-electron chi connectivity index (χ2n) is 6.80. The Kier molecular flexibility index (Phi) is 2.95. The Bertz CT molecular complexity index is 403.